The van der Waals surface area contributed by atoms with E-state index in [2.05, 4.69) is 21.2 Å². The minimum Gasteiger partial charge on any atom is -0.398 e. The summed E-state index contributed by atoms with van der Waals surface area (Å²) in [6.45, 7) is 3.95. The second kappa shape index (κ2) is 5.85. The van der Waals surface area contributed by atoms with E-state index in [1.807, 2.05) is 26.0 Å². The van der Waals surface area contributed by atoms with E-state index in [0.29, 0.717) is 16.3 Å². The van der Waals surface area contributed by atoms with Crippen LogP contribution in [-0.2, 0) is 0 Å². The lowest BCUT2D eigenvalue weighted by atomic mass is 10.1. The zero-order chi connectivity index (χ0) is 14.9. The molecule has 0 aliphatic carbocycles. The van der Waals surface area contributed by atoms with Gasteiger partial charge in [-0.05, 0) is 65.2 Å². The van der Waals surface area contributed by atoms with Crippen molar-refractivity contribution in [3.63, 3.8) is 0 Å². The fourth-order valence-electron chi connectivity index (χ4n) is 1.94. The molecule has 0 aliphatic rings. The zero-order valence-electron chi connectivity index (χ0n) is 11.1. The van der Waals surface area contributed by atoms with Gasteiger partial charge in [-0.25, -0.2) is 0 Å². The number of carbonyl (C=O) groups excluding carboxylic acids is 1. The molecule has 20 heavy (non-hydrogen) atoms. The SMILES string of the molecule is Cc1cc(C)c(NC(=O)c2ccc(Cl)c(N)c2)c(Br)c1. The molecule has 2 rings (SSSR count). The number of amides is 1. The Morgan fingerprint density at radius 1 is 1.25 bits per heavy atom. The number of nitrogen functional groups attached to an aromatic ring is 1. The Bertz CT molecular complexity index is 663. The smallest absolute Gasteiger partial charge is 0.255 e. The molecule has 0 unspecified atom stereocenters. The summed E-state index contributed by atoms with van der Waals surface area (Å²) in [6.07, 6.45) is 0. The Morgan fingerprint density at radius 2 is 1.95 bits per heavy atom. The van der Waals surface area contributed by atoms with E-state index in [9.17, 15) is 4.79 Å². The summed E-state index contributed by atoms with van der Waals surface area (Å²) < 4.78 is 0.852. The normalized spacial score (nSPS) is 10.4. The third-order valence-corrected chi connectivity index (χ3v) is 3.90. The van der Waals surface area contributed by atoms with Crippen LogP contribution in [0.4, 0.5) is 11.4 Å². The molecule has 0 heterocycles. The van der Waals surface area contributed by atoms with Gasteiger partial charge >= 0.3 is 0 Å². The first-order chi connectivity index (χ1) is 9.38. The topological polar surface area (TPSA) is 55.1 Å². The summed E-state index contributed by atoms with van der Waals surface area (Å²) in [5.74, 6) is -0.221. The summed E-state index contributed by atoms with van der Waals surface area (Å²) in [7, 11) is 0. The minimum atomic E-state index is -0.221. The maximum absolute atomic E-state index is 12.2. The number of nitrogens with two attached hydrogens (primary N) is 1. The van der Waals surface area contributed by atoms with Crippen LogP contribution in [0.5, 0.6) is 0 Å². The average Bonchev–Trinajstić information content (AvgIpc) is 2.36. The Balaban J connectivity index is 2.30. The molecule has 3 nitrogen and oxygen atoms in total. The number of carbonyl (C=O) groups is 1. The lowest BCUT2D eigenvalue weighted by molar-refractivity contribution is 0.102. The van der Waals surface area contributed by atoms with Crippen LogP contribution in [0.15, 0.2) is 34.8 Å². The van der Waals surface area contributed by atoms with Gasteiger partial charge in [-0.15, -0.1) is 0 Å². The lowest BCUT2D eigenvalue weighted by Crippen LogP contribution is -2.13. The molecule has 3 N–H and O–H groups in total. The van der Waals surface area contributed by atoms with Crippen LogP contribution in [0.1, 0.15) is 21.5 Å². The molecule has 2 aromatic rings. The van der Waals surface area contributed by atoms with Crippen LogP contribution in [0.25, 0.3) is 0 Å². The number of benzene rings is 2. The highest BCUT2D eigenvalue weighted by atomic mass is 79.9. The van der Waals surface area contributed by atoms with Crippen molar-refractivity contribution in [2.75, 3.05) is 11.1 Å². The first-order valence-electron chi connectivity index (χ1n) is 6.01. The van der Waals surface area contributed by atoms with Crippen molar-refractivity contribution in [1.29, 1.82) is 0 Å². The van der Waals surface area contributed by atoms with E-state index in [1.54, 1.807) is 18.2 Å². The van der Waals surface area contributed by atoms with Gasteiger partial charge in [0, 0.05) is 10.0 Å². The van der Waals surface area contributed by atoms with E-state index >= 15 is 0 Å². The quantitative estimate of drug-likeness (QED) is 0.778. The molecule has 5 heteroatoms. The van der Waals surface area contributed by atoms with Crippen LogP contribution in [-0.4, -0.2) is 5.91 Å². The summed E-state index contributed by atoms with van der Waals surface area (Å²) in [4.78, 5) is 12.2. The van der Waals surface area contributed by atoms with Gasteiger partial charge in [-0.1, -0.05) is 17.7 Å². The largest absolute Gasteiger partial charge is 0.398 e. The number of hydrogen-bond acceptors (Lipinski definition) is 2. The van der Waals surface area contributed by atoms with Crippen LogP contribution in [0.3, 0.4) is 0 Å². The van der Waals surface area contributed by atoms with Gasteiger partial charge in [0.25, 0.3) is 5.91 Å². The number of anilines is 2. The van der Waals surface area contributed by atoms with Gasteiger partial charge in [-0.3, -0.25) is 4.79 Å². The molecule has 0 aromatic heterocycles. The predicted octanol–water partition coefficient (Wildman–Crippen LogP) is 4.55. The van der Waals surface area contributed by atoms with Crippen molar-refractivity contribution in [3.8, 4) is 0 Å². The van der Waals surface area contributed by atoms with Gasteiger partial charge in [0.1, 0.15) is 0 Å². The van der Waals surface area contributed by atoms with Gasteiger partial charge in [0.15, 0.2) is 0 Å². The molecule has 2 aromatic carbocycles. The minimum absolute atomic E-state index is 0.221. The fraction of sp³-hybridized carbons (Fsp3) is 0.133. The van der Waals surface area contributed by atoms with Gasteiger partial charge in [0.05, 0.1) is 16.4 Å². The molecule has 0 saturated heterocycles. The predicted molar refractivity (Wildman–Crippen MR) is 87.4 cm³/mol. The molecule has 0 radical (unpaired) electrons. The van der Waals surface area contributed by atoms with Crippen LogP contribution in [0.2, 0.25) is 5.02 Å². The van der Waals surface area contributed by atoms with Crippen LogP contribution >= 0.6 is 27.5 Å². The highest BCUT2D eigenvalue weighted by Crippen LogP contribution is 2.28. The highest BCUT2D eigenvalue weighted by molar-refractivity contribution is 9.10. The van der Waals surface area contributed by atoms with E-state index in [1.165, 1.54) is 0 Å². The first-order valence-corrected chi connectivity index (χ1v) is 7.18. The first kappa shape index (κ1) is 14.9. The number of halogens is 2. The highest BCUT2D eigenvalue weighted by Gasteiger charge is 2.12. The molecule has 0 bridgehead atoms. The fourth-order valence-corrected chi connectivity index (χ4v) is 2.84. The molecule has 104 valence electrons. The van der Waals surface area contributed by atoms with Crippen molar-refractivity contribution >= 4 is 44.8 Å². The summed E-state index contributed by atoms with van der Waals surface area (Å²) >= 11 is 9.31. The number of nitrogens with one attached hydrogen (secondary N) is 1. The second-order valence-corrected chi connectivity index (χ2v) is 5.89. The van der Waals surface area contributed by atoms with Crippen molar-refractivity contribution < 1.29 is 4.79 Å². The molecular formula is C15H14BrClN2O. The monoisotopic (exact) mass is 352 g/mol. The third-order valence-electron chi connectivity index (χ3n) is 2.93. The molecule has 1 amide bonds. The Labute approximate surface area is 131 Å². The Hall–Kier alpha value is -1.52. The van der Waals surface area contributed by atoms with Gasteiger partial charge in [-0.2, -0.15) is 0 Å². The molecule has 0 spiro atoms. The maximum atomic E-state index is 12.2. The van der Waals surface area contributed by atoms with Crippen molar-refractivity contribution in [2.24, 2.45) is 0 Å². The van der Waals surface area contributed by atoms with Crippen LogP contribution in [0, 0.1) is 13.8 Å². The number of hydrogen-bond donors (Lipinski definition) is 2. The zero-order valence-corrected chi connectivity index (χ0v) is 13.5. The van der Waals surface area contributed by atoms with E-state index in [0.717, 1.165) is 21.3 Å². The maximum Gasteiger partial charge on any atom is 0.255 e. The molecule has 0 fully saturated rings. The van der Waals surface area contributed by atoms with E-state index in [4.69, 9.17) is 17.3 Å². The lowest BCUT2D eigenvalue weighted by Gasteiger charge is -2.12. The molecular weight excluding hydrogens is 340 g/mol. The molecule has 0 saturated carbocycles. The van der Waals surface area contributed by atoms with Gasteiger partial charge < -0.3 is 11.1 Å². The van der Waals surface area contributed by atoms with Gasteiger partial charge in [0.2, 0.25) is 0 Å². The van der Waals surface area contributed by atoms with Crippen molar-refractivity contribution in [2.45, 2.75) is 13.8 Å². The third kappa shape index (κ3) is 3.14. The number of aryl methyl sites for hydroxylation is 2. The second-order valence-electron chi connectivity index (χ2n) is 4.63. The standard InChI is InChI=1S/C15H14BrClN2O/c1-8-5-9(2)14(11(16)6-8)19-15(20)10-3-4-12(17)13(18)7-10/h3-7H,18H2,1-2H3,(H,19,20). The van der Waals surface area contributed by atoms with E-state index < -0.39 is 0 Å². The van der Waals surface area contributed by atoms with Crippen molar-refractivity contribution in [3.05, 3.63) is 56.5 Å². The molecule has 0 atom stereocenters. The summed E-state index contributed by atoms with van der Waals surface area (Å²) in [5.41, 5.74) is 9.45. The Kier molecular flexibility index (Phi) is 4.35. The molecule has 0 aliphatic heterocycles. The summed E-state index contributed by atoms with van der Waals surface area (Å²) in [6, 6.07) is 8.79. The van der Waals surface area contributed by atoms with Crippen LogP contribution < -0.4 is 11.1 Å². The Morgan fingerprint density at radius 3 is 2.55 bits per heavy atom. The average molecular weight is 354 g/mol. The summed E-state index contributed by atoms with van der Waals surface area (Å²) in [5, 5.41) is 3.32. The van der Waals surface area contributed by atoms with E-state index in [-0.39, 0.29) is 5.91 Å². The number of rotatable bonds is 2. The van der Waals surface area contributed by atoms with Crippen molar-refractivity contribution in [1.82, 2.24) is 0 Å².